The van der Waals surface area contributed by atoms with Gasteiger partial charge in [0.15, 0.2) is 6.10 Å². The third-order valence-corrected chi connectivity index (χ3v) is 4.23. The Morgan fingerprint density at radius 1 is 1.07 bits per heavy atom. The highest BCUT2D eigenvalue weighted by Gasteiger charge is 2.23. The van der Waals surface area contributed by atoms with Gasteiger partial charge in [-0.15, -0.1) is 0 Å². The van der Waals surface area contributed by atoms with Crippen LogP contribution in [-0.4, -0.2) is 23.8 Å². The summed E-state index contributed by atoms with van der Waals surface area (Å²) < 4.78 is 18.2. The average Bonchev–Trinajstić information content (AvgIpc) is 2.60. The number of amides is 1. The van der Waals surface area contributed by atoms with Crippen molar-refractivity contribution in [3.05, 3.63) is 64.4 Å². The first-order chi connectivity index (χ1) is 13.0. The molecule has 0 spiro atoms. The van der Waals surface area contributed by atoms with E-state index in [1.807, 2.05) is 0 Å². The smallest absolute Gasteiger partial charge is 0.340 e. The average molecular weight is 406 g/mol. The Bertz CT molecular complexity index is 904. The minimum absolute atomic E-state index is 0.0250. The van der Waals surface area contributed by atoms with Crippen LogP contribution < -0.4 is 5.32 Å². The van der Waals surface area contributed by atoms with Gasteiger partial charge in [0.2, 0.25) is 11.7 Å². The first-order valence-corrected chi connectivity index (χ1v) is 8.98. The molecule has 28 heavy (non-hydrogen) atoms. The first kappa shape index (κ1) is 21.6. The van der Waals surface area contributed by atoms with Gasteiger partial charge < -0.3 is 10.1 Å². The summed E-state index contributed by atoms with van der Waals surface area (Å²) in [6.45, 7) is 6.82. The summed E-state index contributed by atoms with van der Waals surface area (Å²) in [7, 11) is 0. The van der Waals surface area contributed by atoms with Crippen molar-refractivity contribution < 1.29 is 23.5 Å². The number of anilines is 1. The second-order valence-electron chi connectivity index (χ2n) is 7.32. The van der Waals surface area contributed by atoms with Crippen LogP contribution in [0.3, 0.4) is 0 Å². The van der Waals surface area contributed by atoms with E-state index < -0.39 is 29.1 Å². The Morgan fingerprint density at radius 3 is 2.21 bits per heavy atom. The van der Waals surface area contributed by atoms with Crippen LogP contribution in [0.5, 0.6) is 0 Å². The number of ether oxygens (including phenoxy) is 1. The van der Waals surface area contributed by atoms with E-state index in [4.69, 9.17) is 16.3 Å². The monoisotopic (exact) mass is 405 g/mol. The maximum Gasteiger partial charge on any atom is 0.340 e. The molecule has 0 saturated heterocycles. The van der Waals surface area contributed by atoms with Crippen LogP contribution in [0.2, 0.25) is 5.02 Å². The van der Waals surface area contributed by atoms with Gasteiger partial charge in [-0.25, -0.2) is 9.18 Å². The highest BCUT2D eigenvalue weighted by molar-refractivity contribution is 6.33. The van der Waals surface area contributed by atoms with Crippen molar-refractivity contribution in [2.75, 3.05) is 5.32 Å². The topological polar surface area (TPSA) is 72.5 Å². The number of halogens is 2. The SMILES string of the molecule is C[C@H](OC(=O)c1ccc(F)cc1Cl)C(=O)c1ccc(NC(=O)C(C)(C)C)cc1. The Labute approximate surface area is 167 Å². The summed E-state index contributed by atoms with van der Waals surface area (Å²) >= 11 is 5.84. The summed E-state index contributed by atoms with van der Waals surface area (Å²) in [5.41, 5.74) is 0.306. The molecule has 0 aliphatic rings. The van der Waals surface area contributed by atoms with Gasteiger partial charge in [0.1, 0.15) is 5.82 Å². The maximum absolute atomic E-state index is 13.1. The lowest BCUT2D eigenvalue weighted by molar-refractivity contribution is -0.123. The number of Topliss-reactive ketones (excluding diaryl/α,β-unsaturated/α-hetero) is 1. The minimum atomic E-state index is -1.07. The lowest BCUT2D eigenvalue weighted by Crippen LogP contribution is -2.27. The van der Waals surface area contributed by atoms with Crippen LogP contribution in [0, 0.1) is 11.2 Å². The molecule has 2 aromatic rings. The number of esters is 1. The van der Waals surface area contributed by atoms with E-state index in [2.05, 4.69) is 5.32 Å². The van der Waals surface area contributed by atoms with Crippen molar-refractivity contribution in [3.63, 3.8) is 0 Å². The fraction of sp³-hybridized carbons (Fsp3) is 0.286. The second-order valence-corrected chi connectivity index (χ2v) is 7.72. The molecule has 0 fully saturated rings. The van der Waals surface area contributed by atoms with Crippen molar-refractivity contribution in [1.29, 1.82) is 0 Å². The molecule has 0 radical (unpaired) electrons. The third-order valence-electron chi connectivity index (χ3n) is 3.91. The van der Waals surface area contributed by atoms with Crippen LogP contribution in [0.1, 0.15) is 48.4 Å². The zero-order chi connectivity index (χ0) is 21.1. The summed E-state index contributed by atoms with van der Waals surface area (Å²) in [6.07, 6.45) is -1.07. The molecule has 0 aliphatic carbocycles. The number of ketones is 1. The fourth-order valence-electron chi connectivity index (χ4n) is 2.20. The molecule has 0 saturated carbocycles. The summed E-state index contributed by atoms with van der Waals surface area (Å²) in [5, 5.41) is 2.67. The molecule has 7 heteroatoms. The number of rotatable bonds is 5. The number of hydrogen-bond acceptors (Lipinski definition) is 4. The van der Waals surface area contributed by atoms with Crippen molar-refractivity contribution in [1.82, 2.24) is 0 Å². The highest BCUT2D eigenvalue weighted by Crippen LogP contribution is 2.21. The number of benzene rings is 2. The van der Waals surface area contributed by atoms with E-state index in [-0.39, 0.29) is 16.5 Å². The van der Waals surface area contributed by atoms with Gasteiger partial charge in [0.25, 0.3) is 0 Å². The molecule has 5 nitrogen and oxygen atoms in total. The molecule has 1 amide bonds. The summed E-state index contributed by atoms with van der Waals surface area (Å²) in [6, 6.07) is 9.55. The van der Waals surface area contributed by atoms with Crippen LogP contribution in [0.4, 0.5) is 10.1 Å². The van der Waals surface area contributed by atoms with Gasteiger partial charge in [-0.3, -0.25) is 9.59 Å². The van der Waals surface area contributed by atoms with E-state index in [1.165, 1.54) is 25.1 Å². The van der Waals surface area contributed by atoms with E-state index in [1.54, 1.807) is 32.9 Å². The Morgan fingerprint density at radius 2 is 1.68 bits per heavy atom. The Balaban J connectivity index is 2.04. The van der Waals surface area contributed by atoms with Crippen LogP contribution in [-0.2, 0) is 9.53 Å². The van der Waals surface area contributed by atoms with Crippen molar-refractivity contribution >= 4 is 34.9 Å². The molecule has 1 N–H and O–H groups in total. The molecule has 2 rings (SSSR count). The van der Waals surface area contributed by atoms with Crippen molar-refractivity contribution in [2.45, 2.75) is 33.8 Å². The van der Waals surface area contributed by atoms with Gasteiger partial charge in [0, 0.05) is 16.7 Å². The standard InChI is InChI=1S/C21H21ClFNO4/c1-12(28-19(26)16-10-7-14(23)11-17(16)22)18(25)13-5-8-15(9-6-13)24-20(27)21(2,3)4/h5-12H,1-4H3,(H,24,27)/t12-/m0/s1. The van der Waals surface area contributed by atoms with Gasteiger partial charge in [-0.05, 0) is 49.4 Å². The molecular weight excluding hydrogens is 385 g/mol. The molecule has 1 atom stereocenters. The Hall–Kier alpha value is -2.73. The third kappa shape index (κ3) is 5.39. The van der Waals surface area contributed by atoms with Crippen LogP contribution >= 0.6 is 11.6 Å². The zero-order valence-electron chi connectivity index (χ0n) is 16.0. The normalized spacial score (nSPS) is 12.2. The molecule has 0 bridgehead atoms. The number of nitrogens with one attached hydrogen (secondary N) is 1. The van der Waals surface area contributed by atoms with Gasteiger partial charge in [0.05, 0.1) is 10.6 Å². The number of carbonyl (C=O) groups excluding carboxylic acids is 3. The van der Waals surface area contributed by atoms with E-state index >= 15 is 0 Å². The van der Waals surface area contributed by atoms with Gasteiger partial charge in [-0.1, -0.05) is 32.4 Å². The van der Waals surface area contributed by atoms with E-state index in [0.717, 1.165) is 12.1 Å². The molecule has 0 aliphatic heterocycles. The predicted octanol–water partition coefficient (Wildman–Crippen LogP) is 4.89. The van der Waals surface area contributed by atoms with Crippen LogP contribution in [0.25, 0.3) is 0 Å². The van der Waals surface area contributed by atoms with Gasteiger partial charge in [-0.2, -0.15) is 0 Å². The number of carbonyl (C=O) groups is 3. The zero-order valence-corrected chi connectivity index (χ0v) is 16.8. The van der Waals surface area contributed by atoms with Crippen molar-refractivity contribution in [3.8, 4) is 0 Å². The van der Waals surface area contributed by atoms with E-state index in [0.29, 0.717) is 11.3 Å². The highest BCUT2D eigenvalue weighted by atomic mass is 35.5. The van der Waals surface area contributed by atoms with Gasteiger partial charge >= 0.3 is 5.97 Å². The second kappa shape index (κ2) is 8.52. The number of hydrogen-bond donors (Lipinski definition) is 1. The molecule has 0 heterocycles. The maximum atomic E-state index is 13.1. The predicted molar refractivity (Wildman–Crippen MR) is 105 cm³/mol. The largest absolute Gasteiger partial charge is 0.451 e. The molecule has 2 aromatic carbocycles. The lowest BCUT2D eigenvalue weighted by Gasteiger charge is -2.18. The molecule has 0 unspecified atom stereocenters. The minimum Gasteiger partial charge on any atom is -0.451 e. The fourth-order valence-corrected chi connectivity index (χ4v) is 2.45. The Kier molecular flexibility index (Phi) is 6.56. The molecule has 0 aromatic heterocycles. The molecular formula is C21H21ClFNO4. The lowest BCUT2D eigenvalue weighted by atomic mass is 9.95. The van der Waals surface area contributed by atoms with Crippen molar-refractivity contribution in [2.24, 2.45) is 5.41 Å². The first-order valence-electron chi connectivity index (χ1n) is 8.61. The van der Waals surface area contributed by atoms with E-state index in [9.17, 15) is 18.8 Å². The molecule has 148 valence electrons. The van der Waals surface area contributed by atoms with Crippen LogP contribution in [0.15, 0.2) is 42.5 Å². The summed E-state index contributed by atoms with van der Waals surface area (Å²) in [4.78, 5) is 36.6. The summed E-state index contributed by atoms with van der Waals surface area (Å²) in [5.74, 6) is -1.96. The quantitative estimate of drug-likeness (QED) is 0.567.